The maximum absolute atomic E-state index is 13.4. The molecule has 2 N–H and O–H groups in total. The van der Waals surface area contributed by atoms with Crippen LogP contribution in [0.5, 0.6) is 0 Å². The van der Waals surface area contributed by atoms with Gasteiger partial charge in [0.1, 0.15) is 9.52 Å². The van der Waals surface area contributed by atoms with Gasteiger partial charge in [0.25, 0.3) is 5.91 Å². The molecular formula is C17H18FIN2O. The number of carbonyl (C=O) groups is 1. The number of benzene rings is 1. The number of carbonyl (C=O) groups excluding carboxylic acids is 1. The maximum Gasteiger partial charge on any atom is 0.251 e. The molecule has 0 atom stereocenters. The van der Waals surface area contributed by atoms with Crippen LogP contribution in [-0.2, 0) is 5.41 Å². The highest BCUT2D eigenvalue weighted by molar-refractivity contribution is 14.1. The molecule has 0 unspecified atom stereocenters. The number of nitrogens with zero attached hydrogens (tertiary/aromatic N) is 1. The van der Waals surface area contributed by atoms with E-state index in [0.717, 1.165) is 11.1 Å². The topological polar surface area (TPSA) is 56.0 Å². The van der Waals surface area contributed by atoms with Crippen LogP contribution in [0.4, 0.5) is 4.39 Å². The Labute approximate surface area is 143 Å². The van der Waals surface area contributed by atoms with Gasteiger partial charge in [-0.1, -0.05) is 20.8 Å². The van der Waals surface area contributed by atoms with Crippen LogP contribution in [0, 0.1) is 16.4 Å². The second-order valence-electron chi connectivity index (χ2n) is 6.30. The van der Waals surface area contributed by atoms with Crippen molar-refractivity contribution < 1.29 is 9.18 Å². The van der Waals surface area contributed by atoms with Gasteiger partial charge in [-0.2, -0.15) is 0 Å². The number of amides is 1. The minimum absolute atomic E-state index is 0.247. The molecule has 0 fully saturated rings. The molecule has 0 radical (unpaired) electrons. The first-order valence-corrected chi connectivity index (χ1v) is 7.96. The van der Waals surface area contributed by atoms with Crippen molar-refractivity contribution in [1.82, 2.24) is 4.98 Å². The SMILES string of the molecule is Cc1cc(-c2cc(C(C)(C)C)c(C(N)=O)c(I)n2)ccc1F. The number of primary amides is 1. The van der Waals surface area contributed by atoms with Gasteiger partial charge in [-0.05, 0) is 70.3 Å². The summed E-state index contributed by atoms with van der Waals surface area (Å²) in [6.07, 6.45) is 0. The van der Waals surface area contributed by atoms with E-state index in [4.69, 9.17) is 5.73 Å². The quantitative estimate of drug-likeness (QED) is 0.594. The van der Waals surface area contributed by atoms with Gasteiger partial charge in [0, 0.05) is 5.56 Å². The fourth-order valence-corrected chi connectivity index (χ4v) is 3.11. The van der Waals surface area contributed by atoms with Crippen LogP contribution in [-0.4, -0.2) is 10.9 Å². The number of pyridine rings is 1. The molecule has 0 aliphatic carbocycles. The van der Waals surface area contributed by atoms with E-state index in [9.17, 15) is 9.18 Å². The summed E-state index contributed by atoms with van der Waals surface area (Å²) < 4.78 is 14.0. The van der Waals surface area contributed by atoms with Gasteiger partial charge in [-0.3, -0.25) is 4.79 Å². The molecular weight excluding hydrogens is 394 g/mol. The second kappa shape index (κ2) is 5.95. The molecule has 0 bridgehead atoms. The standard InChI is InChI=1S/C17H18FIN2O/c1-9-7-10(5-6-12(9)18)13-8-11(17(2,3)4)14(16(20)22)15(19)21-13/h5-8H,1-4H3,(H2,20,22). The largest absolute Gasteiger partial charge is 0.366 e. The van der Waals surface area contributed by atoms with E-state index < -0.39 is 5.91 Å². The van der Waals surface area contributed by atoms with Crippen molar-refractivity contribution in [2.24, 2.45) is 5.73 Å². The van der Waals surface area contributed by atoms with Crippen molar-refractivity contribution in [3.05, 3.63) is 50.5 Å². The zero-order valence-electron chi connectivity index (χ0n) is 13.0. The van der Waals surface area contributed by atoms with Gasteiger partial charge in [0.2, 0.25) is 0 Å². The van der Waals surface area contributed by atoms with E-state index in [2.05, 4.69) is 4.98 Å². The van der Waals surface area contributed by atoms with Gasteiger partial charge >= 0.3 is 0 Å². The van der Waals surface area contributed by atoms with Crippen LogP contribution in [0.2, 0.25) is 0 Å². The molecule has 5 heteroatoms. The van der Waals surface area contributed by atoms with Gasteiger partial charge in [-0.25, -0.2) is 9.37 Å². The molecule has 116 valence electrons. The molecule has 1 heterocycles. The number of nitrogens with two attached hydrogens (primary N) is 1. The van der Waals surface area contributed by atoms with Crippen molar-refractivity contribution in [1.29, 1.82) is 0 Å². The molecule has 22 heavy (non-hydrogen) atoms. The number of rotatable bonds is 2. The summed E-state index contributed by atoms with van der Waals surface area (Å²) in [5.41, 5.74) is 8.65. The van der Waals surface area contributed by atoms with E-state index in [-0.39, 0.29) is 11.2 Å². The summed E-state index contributed by atoms with van der Waals surface area (Å²) in [4.78, 5) is 16.2. The molecule has 1 aromatic carbocycles. The molecule has 0 saturated carbocycles. The normalized spacial score (nSPS) is 11.5. The summed E-state index contributed by atoms with van der Waals surface area (Å²) in [7, 11) is 0. The summed E-state index contributed by atoms with van der Waals surface area (Å²) in [6, 6.07) is 6.74. The monoisotopic (exact) mass is 412 g/mol. The fraction of sp³-hybridized carbons (Fsp3) is 0.294. The lowest BCUT2D eigenvalue weighted by Gasteiger charge is -2.23. The first-order chi connectivity index (χ1) is 10.1. The Morgan fingerprint density at radius 3 is 2.41 bits per heavy atom. The Kier molecular flexibility index (Phi) is 4.56. The third-order valence-corrected chi connectivity index (χ3v) is 4.26. The molecule has 0 aliphatic heterocycles. The minimum atomic E-state index is -0.483. The molecule has 1 amide bonds. The van der Waals surface area contributed by atoms with E-state index in [0.29, 0.717) is 20.5 Å². The number of hydrogen-bond acceptors (Lipinski definition) is 2. The fourth-order valence-electron chi connectivity index (χ4n) is 2.29. The number of aryl methyl sites for hydroxylation is 1. The Morgan fingerprint density at radius 2 is 1.91 bits per heavy atom. The lowest BCUT2D eigenvalue weighted by Crippen LogP contribution is -2.23. The van der Waals surface area contributed by atoms with Crippen LogP contribution < -0.4 is 5.73 Å². The summed E-state index contributed by atoms with van der Waals surface area (Å²) in [5.74, 6) is -0.730. The third kappa shape index (κ3) is 3.29. The van der Waals surface area contributed by atoms with Crippen LogP contribution >= 0.6 is 22.6 Å². The van der Waals surface area contributed by atoms with Crippen molar-refractivity contribution in [2.45, 2.75) is 33.1 Å². The van der Waals surface area contributed by atoms with Gasteiger partial charge < -0.3 is 5.73 Å². The van der Waals surface area contributed by atoms with Crippen molar-refractivity contribution in [3.8, 4) is 11.3 Å². The molecule has 0 aliphatic rings. The summed E-state index contributed by atoms with van der Waals surface area (Å²) in [6.45, 7) is 7.77. The van der Waals surface area contributed by atoms with Crippen molar-refractivity contribution >= 4 is 28.5 Å². The first-order valence-electron chi connectivity index (χ1n) is 6.88. The molecule has 3 nitrogen and oxygen atoms in total. The average Bonchev–Trinajstić information content (AvgIpc) is 2.39. The predicted molar refractivity (Wildman–Crippen MR) is 94.3 cm³/mol. The summed E-state index contributed by atoms with van der Waals surface area (Å²) >= 11 is 2.02. The predicted octanol–water partition coefficient (Wildman–Crippen LogP) is 4.20. The zero-order chi connectivity index (χ0) is 16.7. The molecule has 0 spiro atoms. The molecule has 2 aromatic rings. The van der Waals surface area contributed by atoms with E-state index in [1.165, 1.54) is 6.07 Å². The minimum Gasteiger partial charge on any atom is -0.366 e. The Hall–Kier alpha value is -1.50. The Morgan fingerprint density at radius 1 is 1.27 bits per heavy atom. The first kappa shape index (κ1) is 16.9. The van der Waals surface area contributed by atoms with Crippen LogP contribution in [0.15, 0.2) is 24.3 Å². The van der Waals surface area contributed by atoms with Crippen LogP contribution in [0.3, 0.4) is 0 Å². The molecule has 2 rings (SSSR count). The second-order valence-corrected chi connectivity index (χ2v) is 7.32. The Bertz CT molecular complexity index is 751. The highest BCUT2D eigenvalue weighted by Gasteiger charge is 2.25. The molecule has 1 aromatic heterocycles. The highest BCUT2D eigenvalue weighted by atomic mass is 127. The number of halogens is 2. The van der Waals surface area contributed by atoms with E-state index in [1.807, 2.05) is 49.4 Å². The van der Waals surface area contributed by atoms with Crippen molar-refractivity contribution in [3.63, 3.8) is 0 Å². The smallest absolute Gasteiger partial charge is 0.251 e. The maximum atomic E-state index is 13.4. The molecule has 0 saturated heterocycles. The lowest BCUT2D eigenvalue weighted by atomic mass is 9.83. The van der Waals surface area contributed by atoms with Crippen LogP contribution in [0.25, 0.3) is 11.3 Å². The highest BCUT2D eigenvalue weighted by Crippen LogP contribution is 2.32. The van der Waals surface area contributed by atoms with Gasteiger partial charge in [-0.15, -0.1) is 0 Å². The Balaban J connectivity index is 2.71. The van der Waals surface area contributed by atoms with Crippen molar-refractivity contribution in [2.75, 3.05) is 0 Å². The van der Waals surface area contributed by atoms with E-state index in [1.54, 1.807) is 19.1 Å². The lowest BCUT2D eigenvalue weighted by molar-refractivity contribution is 0.0997. The van der Waals surface area contributed by atoms with Gasteiger partial charge in [0.15, 0.2) is 0 Å². The average molecular weight is 412 g/mol. The van der Waals surface area contributed by atoms with E-state index >= 15 is 0 Å². The number of hydrogen-bond donors (Lipinski definition) is 1. The number of aromatic nitrogens is 1. The third-order valence-electron chi connectivity index (χ3n) is 3.48. The van der Waals surface area contributed by atoms with Crippen LogP contribution in [0.1, 0.15) is 42.3 Å². The summed E-state index contributed by atoms with van der Waals surface area (Å²) in [5, 5.41) is 0. The zero-order valence-corrected chi connectivity index (χ0v) is 15.2. The van der Waals surface area contributed by atoms with Gasteiger partial charge in [0.05, 0.1) is 11.3 Å².